The zero-order valence-electron chi connectivity index (χ0n) is 9.08. The summed E-state index contributed by atoms with van der Waals surface area (Å²) in [7, 11) is 0. The van der Waals surface area contributed by atoms with Crippen molar-refractivity contribution in [3.8, 4) is 0 Å². The average Bonchev–Trinajstić information content (AvgIpc) is 2.26. The lowest BCUT2D eigenvalue weighted by molar-refractivity contribution is -0.133. The Balaban J connectivity index is 2.16. The molecule has 0 aliphatic carbocycles. The highest BCUT2D eigenvalue weighted by Crippen LogP contribution is 2.25. The minimum absolute atomic E-state index is 0.237. The number of amides is 1. The Bertz CT molecular complexity index is 386. The van der Waals surface area contributed by atoms with Crippen LogP contribution < -0.4 is 5.73 Å². The molecule has 1 amide bonds. The first-order valence-electron chi connectivity index (χ1n) is 5.49. The van der Waals surface area contributed by atoms with Crippen molar-refractivity contribution in [2.75, 3.05) is 12.3 Å². The molecule has 1 aliphatic rings. The fourth-order valence-electron chi connectivity index (χ4n) is 1.96. The summed E-state index contributed by atoms with van der Waals surface area (Å²) in [6.45, 7) is 1.46. The van der Waals surface area contributed by atoms with Crippen LogP contribution in [0, 0.1) is 0 Å². The highest BCUT2D eigenvalue weighted by atomic mass is 79.9. The van der Waals surface area contributed by atoms with Gasteiger partial charge in [-0.3, -0.25) is 4.79 Å². The summed E-state index contributed by atoms with van der Waals surface area (Å²) >= 11 is 3.48. The number of piperidine rings is 1. The highest BCUT2D eigenvalue weighted by molar-refractivity contribution is 9.10. The quantitative estimate of drug-likeness (QED) is 0.848. The van der Waals surface area contributed by atoms with Gasteiger partial charge in [-0.1, -0.05) is 22.0 Å². The van der Waals surface area contributed by atoms with Crippen molar-refractivity contribution >= 4 is 27.5 Å². The smallest absolute Gasteiger partial charge is 0.222 e. The number of halogens is 1. The molecule has 1 aromatic carbocycles. The third-order valence-electron chi connectivity index (χ3n) is 2.93. The molecule has 1 heterocycles. The Kier molecular flexibility index (Phi) is 3.49. The van der Waals surface area contributed by atoms with Crippen molar-refractivity contribution in [1.82, 2.24) is 4.90 Å². The molecule has 0 atom stereocenters. The lowest BCUT2D eigenvalue weighted by Crippen LogP contribution is -2.34. The molecule has 1 saturated heterocycles. The van der Waals surface area contributed by atoms with Crippen LogP contribution in [0.3, 0.4) is 0 Å². The predicted molar refractivity (Wildman–Crippen MR) is 67.8 cm³/mol. The molecule has 0 aromatic heterocycles. The third-order valence-corrected chi connectivity index (χ3v) is 3.67. The first-order chi connectivity index (χ1) is 7.68. The fraction of sp³-hybridized carbons (Fsp3) is 0.417. The lowest BCUT2D eigenvalue weighted by Gasteiger charge is -2.27. The van der Waals surface area contributed by atoms with E-state index in [-0.39, 0.29) is 5.91 Å². The van der Waals surface area contributed by atoms with Gasteiger partial charge >= 0.3 is 0 Å². The highest BCUT2D eigenvalue weighted by Gasteiger charge is 2.19. The van der Waals surface area contributed by atoms with Gasteiger partial charge in [0.15, 0.2) is 0 Å². The summed E-state index contributed by atoms with van der Waals surface area (Å²) in [6, 6.07) is 5.73. The second-order valence-corrected chi connectivity index (χ2v) is 4.93. The average molecular weight is 283 g/mol. The van der Waals surface area contributed by atoms with Gasteiger partial charge in [0.25, 0.3) is 0 Å². The number of benzene rings is 1. The maximum absolute atomic E-state index is 11.7. The van der Waals surface area contributed by atoms with Gasteiger partial charge < -0.3 is 10.6 Å². The Morgan fingerprint density at radius 2 is 2.19 bits per heavy atom. The number of nitrogen functional groups attached to an aromatic ring is 1. The van der Waals surface area contributed by atoms with Gasteiger partial charge in [-0.2, -0.15) is 0 Å². The van der Waals surface area contributed by atoms with Crippen LogP contribution in [0.1, 0.15) is 24.8 Å². The van der Waals surface area contributed by atoms with Crippen molar-refractivity contribution in [1.29, 1.82) is 0 Å². The number of nitrogens with zero attached hydrogens (tertiary/aromatic N) is 1. The maximum atomic E-state index is 11.7. The van der Waals surface area contributed by atoms with E-state index in [2.05, 4.69) is 15.9 Å². The summed E-state index contributed by atoms with van der Waals surface area (Å²) in [6.07, 6.45) is 2.78. The molecular weight excluding hydrogens is 268 g/mol. The van der Waals surface area contributed by atoms with Crippen molar-refractivity contribution in [2.45, 2.75) is 25.8 Å². The fourth-order valence-corrected chi connectivity index (χ4v) is 2.47. The van der Waals surface area contributed by atoms with E-state index in [0.717, 1.165) is 35.1 Å². The summed E-state index contributed by atoms with van der Waals surface area (Å²) in [5.74, 6) is 0.237. The van der Waals surface area contributed by atoms with Crippen LogP contribution in [0.25, 0.3) is 0 Å². The number of likely N-dealkylation sites (tertiary alicyclic amines) is 1. The summed E-state index contributed by atoms with van der Waals surface area (Å²) in [5, 5.41) is 0. The van der Waals surface area contributed by atoms with E-state index in [1.165, 1.54) is 0 Å². The normalized spacial score (nSPS) is 16.6. The number of hydrogen-bond donors (Lipinski definition) is 1. The molecular formula is C12H15BrN2O. The van der Waals surface area contributed by atoms with E-state index in [4.69, 9.17) is 5.73 Å². The topological polar surface area (TPSA) is 46.3 Å². The standard InChI is InChI=1S/C12H15BrN2O/c13-10-4-3-5-11(14)9(10)8-15-7-2-1-6-12(15)16/h3-5H,1-2,6-8,14H2. The van der Waals surface area contributed by atoms with Crippen LogP contribution in [0.15, 0.2) is 22.7 Å². The molecule has 2 rings (SSSR count). The molecule has 0 bridgehead atoms. The third kappa shape index (κ3) is 2.38. The van der Waals surface area contributed by atoms with E-state index in [1.807, 2.05) is 23.1 Å². The van der Waals surface area contributed by atoms with Gasteiger partial charge in [-0.15, -0.1) is 0 Å². The van der Waals surface area contributed by atoms with Crippen molar-refractivity contribution < 1.29 is 4.79 Å². The predicted octanol–water partition coefficient (Wildman–Crippen LogP) is 2.54. The van der Waals surface area contributed by atoms with Crippen LogP contribution in [-0.4, -0.2) is 17.4 Å². The summed E-state index contributed by atoms with van der Waals surface area (Å²) < 4.78 is 0.978. The molecule has 0 spiro atoms. The molecule has 0 saturated carbocycles. The van der Waals surface area contributed by atoms with Crippen molar-refractivity contribution in [3.05, 3.63) is 28.2 Å². The molecule has 2 N–H and O–H groups in total. The van der Waals surface area contributed by atoms with Crippen LogP contribution in [0.4, 0.5) is 5.69 Å². The van der Waals surface area contributed by atoms with Crippen LogP contribution in [0.2, 0.25) is 0 Å². The molecule has 1 fully saturated rings. The lowest BCUT2D eigenvalue weighted by atomic mass is 10.1. The van der Waals surface area contributed by atoms with E-state index in [1.54, 1.807) is 0 Å². The number of nitrogens with two attached hydrogens (primary N) is 1. The number of carbonyl (C=O) groups is 1. The van der Waals surface area contributed by atoms with E-state index in [9.17, 15) is 4.79 Å². The SMILES string of the molecule is Nc1cccc(Br)c1CN1CCCCC1=O. The molecule has 4 heteroatoms. The Labute approximate surface area is 104 Å². The van der Waals surface area contributed by atoms with Crippen LogP contribution >= 0.6 is 15.9 Å². The minimum atomic E-state index is 0.237. The molecule has 3 nitrogen and oxygen atoms in total. The van der Waals surface area contributed by atoms with E-state index >= 15 is 0 Å². The molecule has 0 unspecified atom stereocenters. The zero-order valence-corrected chi connectivity index (χ0v) is 10.7. The molecule has 16 heavy (non-hydrogen) atoms. The van der Waals surface area contributed by atoms with Crippen LogP contribution in [-0.2, 0) is 11.3 Å². The van der Waals surface area contributed by atoms with Gasteiger partial charge in [0.1, 0.15) is 0 Å². The summed E-state index contributed by atoms with van der Waals surface area (Å²) in [4.78, 5) is 13.6. The number of carbonyl (C=O) groups excluding carboxylic acids is 1. The monoisotopic (exact) mass is 282 g/mol. The zero-order chi connectivity index (χ0) is 11.5. The van der Waals surface area contributed by atoms with Crippen LogP contribution in [0.5, 0.6) is 0 Å². The maximum Gasteiger partial charge on any atom is 0.222 e. The van der Waals surface area contributed by atoms with E-state index in [0.29, 0.717) is 13.0 Å². The first-order valence-corrected chi connectivity index (χ1v) is 6.28. The Morgan fingerprint density at radius 1 is 1.38 bits per heavy atom. The van der Waals surface area contributed by atoms with Crippen molar-refractivity contribution in [2.24, 2.45) is 0 Å². The molecule has 0 radical (unpaired) electrons. The van der Waals surface area contributed by atoms with Gasteiger partial charge in [0.05, 0.1) is 0 Å². The van der Waals surface area contributed by atoms with Gasteiger partial charge in [-0.25, -0.2) is 0 Å². The number of hydrogen-bond acceptors (Lipinski definition) is 2. The van der Waals surface area contributed by atoms with Crippen molar-refractivity contribution in [3.63, 3.8) is 0 Å². The largest absolute Gasteiger partial charge is 0.398 e. The molecule has 86 valence electrons. The van der Waals surface area contributed by atoms with E-state index < -0.39 is 0 Å². The Morgan fingerprint density at radius 3 is 2.88 bits per heavy atom. The van der Waals surface area contributed by atoms with Gasteiger partial charge in [-0.05, 0) is 25.0 Å². The second-order valence-electron chi connectivity index (χ2n) is 4.08. The van der Waals surface area contributed by atoms with Gasteiger partial charge in [0, 0.05) is 35.2 Å². The molecule has 1 aliphatic heterocycles. The number of anilines is 1. The summed E-state index contributed by atoms with van der Waals surface area (Å²) in [5.41, 5.74) is 7.67. The number of rotatable bonds is 2. The molecule has 1 aromatic rings. The Hall–Kier alpha value is -1.03. The second kappa shape index (κ2) is 4.87. The minimum Gasteiger partial charge on any atom is -0.398 e. The first kappa shape index (κ1) is 11.5. The van der Waals surface area contributed by atoms with Gasteiger partial charge in [0.2, 0.25) is 5.91 Å².